The van der Waals surface area contributed by atoms with Gasteiger partial charge in [-0.2, -0.15) is 0 Å². The SMILES string of the molecule is COc1cc([N+](=O)[O-])ccc1NC(=O)COc1ccc([N+](=O)[O-])cc1C. The first-order valence-electron chi connectivity index (χ1n) is 7.32. The van der Waals surface area contributed by atoms with Crippen LogP contribution in [0.5, 0.6) is 11.5 Å². The van der Waals surface area contributed by atoms with Gasteiger partial charge >= 0.3 is 0 Å². The molecule has 10 nitrogen and oxygen atoms in total. The summed E-state index contributed by atoms with van der Waals surface area (Å²) in [5.74, 6) is -0.0459. The molecule has 0 aromatic heterocycles. The van der Waals surface area contributed by atoms with Gasteiger partial charge in [-0.25, -0.2) is 0 Å². The molecule has 2 aromatic carbocycles. The topological polar surface area (TPSA) is 134 Å². The van der Waals surface area contributed by atoms with Gasteiger partial charge in [0.2, 0.25) is 0 Å². The maximum Gasteiger partial charge on any atom is 0.273 e. The van der Waals surface area contributed by atoms with Crippen molar-refractivity contribution < 1.29 is 24.1 Å². The van der Waals surface area contributed by atoms with Gasteiger partial charge in [0.15, 0.2) is 6.61 Å². The molecule has 0 saturated heterocycles. The minimum atomic E-state index is -0.575. The second-order valence-electron chi connectivity index (χ2n) is 5.19. The number of hydrogen-bond acceptors (Lipinski definition) is 7. The molecule has 0 atom stereocenters. The predicted octanol–water partition coefficient (Wildman–Crippen LogP) is 2.84. The van der Waals surface area contributed by atoms with Crippen LogP contribution in [0.1, 0.15) is 5.56 Å². The standard InChI is InChI=1S/C16H15N3O7/c1-10-7-11(18(21)22)4-6-14(10)26-9-16(20)17-13-5-3-12(19(23)24)8-15(13)25-2/h3-8H,9H2,1-2H3,(H,17,20). The smallest absolute Gasteiger partial charge is 0.273 e. The second-order valence-corrected chi connectivity index (χ2v) is 5.19. The molecule has 26 heavy (non-hydrogen) atoms. The summed E-state index contributed by atoms with van der Waals surface area (Å²) in [5.41, 5.74) is 0.527. The number of carbonyl (C=O) groups is 1. The predicted molar refractivity (Wildman–Crippen MR) is 91.6 cm³/mol. The highest BCUT2D eigenvalue weighted by Crippen LogP contribution is 2.29. The molecule has 0 aliphatic carbocycles. The van der Waals surface area contributed by atoms with Crippen LogP contribution in [-0.4, -0.2) is 29.5 Å². The van der Waals surface area contributed by atoms with E-state index in [1.165, 1.54) is 43.5 Å². The molecular weight excluding hydrogens is 346 g/mol. The molecule has 0 heterocycles. The Hall–Kier alpha value is -3.69. The Morgan fingerprint density at radius 3 is 2.23 bits per heavy atom. The van der Waals surface area contributed by atoms with Crippen LogP contribution in [0.4, 0.5) is 17.1 Å². The number of nitrogens with zero attached hydrogens (tertiary/aromatic N) is 2. The number of nitrogens with one attached hydrogen (secondary N) is 1. The van der Waals surface area contributed by atoms with Crippen molar-refractivity contribution in [3.63, 3.8) is 0 Å². The number of benzene rings is 2. The van der Waals surface area contributed by atoms with E-state index in [1.54, 1.807) is 6.92 Å². The minimum absolute atomic E-state index is 0.0742. The zero-order valence-corrected chi connectivity index (χ0v) is 13.9. The zero-order chi connectivity index (χ0) is 19.3. The molecule has 1 amide bonds. The Balaban J connectivity index is 2.03. The molecular formula is C16H15N3O7. The van der Waals surface area contributed by atoms with Crippen LogP contribution < -0.4 is 14.8 Å². The fourth-order valence-electron chi connectivity index (χ4n) is 2.14. The molecule has 0 unspecified atom stereocenters. The van der Waals surface area contributed by atoms with Gasteiger partial charge in [-0.3, -0.25) is 25.0 Å². The van der Waals surface area contributed by atoms with Crippen LogP contribution in [0.15, 0.2) is 36.4 Å². The number of hydrogen-bond donors (Lipinski definition) is 1. The first-order valence-corrected chi connectivity index (χ1v) is 7.32. The van der Waals surface area contributed by atoms with Gasteiger partial charge < -0.3 is 14.8 Å². The van der Waals surface area contributed by atoms with Gasteiger partial charge in [0.25, 0.3) is 17.3 Å². The molecule has 0 fully saturated rings. The fraction of sp³-hybridized carbons (Fsp3) is 0.188. The van der Waals surface area contributed by atoms with Crippen molar-refractivity contribution in [3.8, 4) is 11.5 Å². The number of methoxy groups -OCH3 is 1. The third-order valence-electron chi connectivity index (χ3n) is 3.40. The van der Waals surface area contributed by atoms with Crippen LogP contribution in [0.3, 0.4) is 0 Å². The first-order chi connectivity index (χ1) is 12.3. The summed E-state index contributed by atoms with van der Waals surface area (Å²) in [6.07, 6.45) is 0. The van der Waals surface area contributed by atoms with E-state index < -0.39 is 15.8 Å². The van der Waals surface area contributed by atoms with Crippen molar-refractivity contribution in [2.45, 2.75) is 6.92 Å². The zero-order valence-electron chi connectivity index (χ0n) is 13.9. The minimum Gasteiger partial charge on any atom is -0.494 e. The van der Waals surface area contributed by atoms with E-state index in [9.17, 15) is 25.0 Å². The summed E-state index contributed by atoms with van der Waals surface area (Å²) in [5, 5.41) is 24.0. The highest BCUT2D eigenvalue weighted by molar-refractivity contribution is 5.93. The molecule has 2 aromatic rings. The van der Waals surface area contributed by atoms with E-state index in [1.807, 2.05) is 0 Å². The number of carbonyl (C=O) groups excluding carboxylic acids is 1. The summed E-state index contributed by atoms with van der Waals surface area (Å²) < 4.78 is 10.4. The number of amides is 1. The van der Waals surface area contributed by atoms with Crippen LogP contribution in [0, 0.1) is 27.2 Å². The van der Waals surface area contributed by atoms with E-state index in [-0.39, 0.29) is 29.4 Å². The van der Waals surface area contributed by atoms with Crippen molar-refractivity contribution in [2.24, 2.45) is 0 Å². The molecule has 0 aliphatic rings. The summed E-state index contributed by atoms with van der Waals surface area (Å²) in [7, 11) is 1.32. The van der Waals surface area contributed by atoms with Gasteiger partial charge in [0.1, 0.15) is 11.5 Å². The summed E-state index contributed by atoms with van der Waals surface area (Å²) >= 11 is 0. The first kappa shape index (κ1) is 18.6. The number of nitro groups is 2. The van der Waals surface area contributed by atoms with Gasteiger partial charge in [-0.15, -0.1) is 0 Å². The molecule has 0 saturated carbocycles. The Morgan fingerprint density at radius 2 is 1.65 bits per heavy atom. The van der Waals surface area contributed by atoms with Crippen molar-refractivity contribution in [1.82, 2.24) is 0 Å². The van der Waals surface area contributed by atoms with Gasteiger partial charge in [0.05, 0.1) is 28.7 Å². The van der Waals surface area contributed by atoms with Crippen molar-refractivity contribution in [3.05, 3.63) is 62.2 Å². The van der Waals surface area contributed by atoms with E-state index in [0.29, 0.717) is 11.3 Å². The Kier molecular flexibility index (Phi) is 5.68. The van der Waals surface area contributed by atoms with Crippen LogP contribution >= 0.6 is 0 Å². The number of rotatable bonds is 7. The normalized spacial score (nSPS) is 10.1. The third kappa shape index (κ3) is 4.44. The quantitative estimate of drug-likeness (QED) is 0.592. The maximum atomic E-state index is 12.0. The van der Waals surface area contributed by atoms with E-state index in [2.05, 4.69) is 5.32 Å². The fourth-order valence-corrected chi connectivity index (χ4v) is 2.14. The van der Waals surface area contributed by atoms with E-state index in [0.717, 1.165) is 0 Å². The molecule has 0 radical (unpaired) electrons. The Morgan fingerprint density at radius 1 is 1.04 bits per heavy atom. The van der Waals surface area contributed by atoms with E-state index in [4.69, 9.17) is 9.47 Å². The van der Waals surface area contributed by atoms with Crippen LogP contribution in [0.25, 0.3) is 0 Å². The number of ether oxygens (including phenoxy) is 2. The number of non-ortho nitro benzene ring substituents is 2. The van der Waals surface area contributed by atoms with Crippen LogP contribution in [0.2, 0.25) is 0 Å². The lowest BCUT2D eigenvalue weighted by Gasteiger charge is -2.11. The monoisotopic (exact) mass is 361 g/mol. The lowest BCUT2D eigenvalue weighted by molar-refractivity contribution is -0.385. The largest absolute Gasteiger partial charge is 0.494 e. The van der Waals surface area contributed by atoms with E-state index >= 15 is 0 Å². The van der Waals surface area contributed by atoms with Crippen molar-refractivity contribution in [2.75, 3.05) is 19.0 Å². The molecule has 2 rings (SSSR count). The molecule has 136 valence electrons. The second kappa shape index (κ2) is 7.92. The highest BCUT2D eigenvalue weighted by atomic mass is 16.6. The maximum absolute atomic E-state index is 12.0. The van der Waals surface area contributed by atoms with Crippen molar-refractivity contribution >= 4 is 23.0 Å². The lowest BCUT2D eigenvalue weighted by Crippen LogP contribution is -2.20. The molecule has 0 aliphatic heterocycles. The van der Waals surface area contributed by atoms with Crippen molar-refractivity contribution in [1.29, 1.82) is 0 Å². The van der Waals surface area contributed by atoms with Gasteiger partial charge in [0, 0.05) is 18.2 Å². The summed E-state index contributed by atoms with van der Waals surface area (Å²) in [4.78, 5) is 32.4. The lowest BCUT2D eigenvalue weighted by atomic mass is 10.2. The summed E-state index contributed by atoms with van der Waals surface area (Å²) in [6.45, 7) is 1.28. The number of aryl methyl sites for hydroxylation is 1. The molecule has 0 spiro atoms. The average Bonchev–Trinajstić information content (AvgIpc) is 2.60. The summed E-state index contributed by atoms with van der Waals surface area (Å²) in [6, 6.07) is 7.81. The number of anilines is 1. The Labute approximate surface area is 147 Å². The van der Waals surface area contributed by atoms with Crippen LogP contribution in [-0.2, 0) is 4.79 Å². The number of nitro benzene ring substituents is 2. The molecule has 10 heteroatoms. The average molecular weight is 361 g/mol. The Bertz CT molecular complexity index is 867. The van der Waals surface area contributed by atoms with Gasteiger partial charge in [-0.05, 0) is 24.6 Å². The molecule has 1 N–H and O–H groups in total. The highest BCUT2D eigenvalue weighted by Gasteiger charge is 2.14. The molecule has 0 bridgehead atoms. The third-order valence-corrected chi connectivity index (χ3v) is 3.40. The van der Waals surface area contributed by atoms with Gasteiger partial charge in [-0.1, -0.05) is 0 Å².